The minimum atomic E-state index is -0.833. The van der Waals surface area contributed by atoms with E-state index in [9.17, 15) is 4.79 Å². The molecule has 108 valence electrons. The molecule has 4 nitrogen and oxygen atoms in total. The highest BCUT2D eigenvalue weighted by atomic mass is 16.4. The summed E-state index contributed by atoms with van der Waals surface area (Å²) in [7, 11) is 0. The van der Waals surface area contributed by atoms with Gasteiger partial charge in [0.15, 0.2) is 0 Å². The minimum Gasteiger partial charge on any atom is -0.481 e. The summed E-state index contributed by atoms with van der Waals surface area (Å²) in [4.78, 5) is 19.4. The third-order valence-electron chi connectivity index (χ3n) is 2.53. The number of hydrogen-bond acceptors (Lipinski definition) is 2. The van der Waals surface area contributed by atoms with Crippen molar-refractivity contribution in [2.75, 3.05) is 0 Å². The third kappa shape index (κ3) is 29.4. The zero-order chi connectivity index (χ0) is 14.2. The SMILES string of the molecule is CC(=O)O.CCCCCCCCCCCC(N)=O. The lowest BCUT2D eigenvalue weighted by Gasteiger charge is -2.00. The van der Waals surface area contributed by atoms with Crippen LogP contribution < -0.4 is 5.73 Å². The Bertz CT molecular complexity index is 201. The number of amides is 1. The van der Waals surface area contributed by atoms with Crippen LogP contribution in [-0.4, -0.2) is 17.0 Å². The number of carboxylic acids is 1. The Morgan fingerprint density at radius 2 is 1.22 bits per heavy atom. The van der Waals surface area contributed by atoms with Gasteiger partial charge in [-0.3, -0.25) is 9.59 Å². The second-order valence-corrected chi connectivity index (χ2v) is 4.56. The zero-order valence-electron chi connectivity index (χ0n) is 11.9. The van der Waals surface area contributed by atoms with Gasteiger partial charge in [0.2, 0.25) is 5.91 Å². The number of unbranched alkanes of at least 4 members (excludes halogenated alkanes) is 8. The van der Waals surface area contributed by atoms with Crippen molar-refractivity contribution in [3.8, 4) is 0 Å². The van der Waals surface area contributed by atoms with E-state index < -0.39 is 5.97 Å². The Kier molecular flexibility index (Phi) is 17.1. The Labute approximate surface area is 111 Å². The van der Waals surface area contributed by atoms with Gasteiger partial charge in [0.25, 0.3) is 5.97 Å². The van der Waals surface area contributed by atoms with Crippen molar-refractivity contribution < 1.29 is 14.7 Å². The summed E-state index contributed by atoms with van der Waals surface area (Å²) in [6.45, 7) is 3.32. The van der Waals surface area contributed by atoms with Crippen LogP contribution in [0.1, 0.15) is 78.1 Å². The van der Waals surface area contributed by atoms with Crippen LogP contribution in [0, 0.1) is 0 Å². The fraction of sp³-hybridized carbons (Fsp3) is 0.857. The van der Waals surface area contributed by atoms with Crippen LogP contribution in [0.2, 0.25) is 0 Å². The number of carboxylic acid groups (broad SMARTS) is 1. The van der Waals surface area contributed by atoms with Crippen LogP contribution in [0.25, 0.3) is 0 Å². The van der Waals surface area contributed by atoms with Crippen molar-refractivity contribution in [2.24, 2.45) is 5.73 Å². The van der Waals surface area contributed by atoms with Crippen molar-refractivity contribution in [1.82, 2.24) is 0 Å². The first-order valence-corrected chi connectivity index (χ1v) is 6.98. The molecule has 0 heterocycles. The van der Waals surface area contributed by atoms with Crippen molar-refractivity contribution >= 4 is 11.9 Å². The van der Waals surface area contributed by atoms with Gasteiger partial charge in [-0.05, 0) is 6.42 Å². The van der Waals surface area contributed by atoms with E-state index in [-0.39, 0.29) is 5.91 Å². The van der Waals surface area contributed by atoms with Gasteiger partial charge in [-0.15, -0.1) is 0 Å². The van der Waals surface area contributed by atoms with Gasteiger partial charge in [0, 0.05) is 13.3 Å². The molecule has 0 aromatic rings. The summed E-state index contributed by atoms with van der Waals surface area (Å²) in [5.74, 6) is -0.993. The predicted molar refractivity (Wildman–Crippen MR) is 74.3 cm³/mol. The summed E-state index contributed by atoms with van der Waals surface area (Å²) in [6, 6.07) is 0. The highest BCUT2D eigenvalue weighted by Crippen LogP contribution is 2.10. The topological polar surface area (TPSA) is 80.4 Å². The number of carbonyl (C=O) groups is 2. The Morgan fingerprint density at radius 3 is 1.56 bits per heavy atom. The van der Waals surface area contributed by atoms with E-state index in [1.165, 1.54) is 44.9 Å². The van der Waals surface area contributed by atoms with E-state index in [1.54, 1.807) is 0 Å². The molecule has 0 fully saturated rings. The molecule has 0 aliphatic rings. The van der Waals surface area contributed by atoms with Gasteiger partial charge in [0.05, 0.1) is 0 Å². The van der Waals surface area contributed by atoms with Crippen LogP contribution in [0.5, 0.6) is 0 Å². The second kappa shape index (κ2) is 15.9. The van der Waals surface area contributed by atoms with E-state index in [1.807, 2.05) is 0 Å². The Balaban J connectivity index is 0. The molecule has 0 aliphatic heterocycles. The Morgan fingerprint density at radius 1 is 0.889 bits per heavy atom. The summed E-state index contributed by atoms with van der Waals surface area (Å²) in [6.07, 6.45) is 12.1. The van der Waals surface area contributed by atoms with Gasteiger partial charge in [-0.1, -0.05) is 58.3 Å². The number of nitrogens with two attached hydrogens (primary N) is 1. The maximum atomic E-state index is 10.4. The van der Waals surface area contributed by atoms with E-state index in [4.69, 9.17) is 15.6 Å². The maximum Gasteiger partial charge on any atom is 0.300 e. The van der Waals surface area contributed by atoms with Gasteiger partial charge in [-0.25, -0.2) is 0 Å². The van der Waals surface area contributed by atoms with Crippen LogP contribution in [0.4, 0.5) is 0 Å². The molecule has 0 rings (SSSR count). The van der Waals surface area contributed by atoms with Crippen LogP contribution in [0.3, 0.4) is 0 Å². The lowest BCUT2D eigenvalue weighted by atomic mass is 10.1. The van der Waals surface area contributed by atoms with E-state index >= 15 is 0 Å². The number of carbonyl (C=O) groups excluding carboxylic acids is 1. The first kappa shape index (κ1) is 19.3. The lowest BCUT2D eigenvalue weighted by molar-refractivity contribution is -0.134. The lowest BCUT2D eigenvalue weighted by Crippen LogP contribution is -2.09. The molecular weight excluding hydrogens is 230 g/mol. The molecule has 0 atom stereocenters. The molecule has 0 aliphatic carbocycles. The van der Waals surface area contributed by atoms with Crippen LogP contribution >= 0.6 is 0 Å². The average Bonchev–Trinajstić information content (AvgIpc) is 2.26. The standard InChI is InChI=1S/C12H25NO.C2H4O2/c1-2-3-4-5-6-7-8-9-10-11-12(13)14;1-2(3)4/h2-11H2,1H3,(H2,13,14);1H3,(H,3,4). The first-order chi connectivity index (χ1) is 8.50. The Hall–Kier alpha value is -1.06. The minimum absolute atomic E-state index is 0.159. The van der Waals surface area contributed by atoms with Gasteiger partial charge < -0.3 is 10.8 Å². The molecule has 3 N–H and O–H groups in total. The number of hydrogen-bond donors (Lipinski definition) is 2. The van der Waals surface area contributed by atoms with Crippen LogP contribution in [-0.2, 0) is 9.59 Å². The monoisotopic (exact) mass is 259 g/mol. The quantitative estimate of drug-likeness (QED) is 0.589. The van der Waals surface area contributed by atoms with Crippen molar-refractivity contribution in [1.29, 1.82) is 0 Å². The molecule has 0 aromatic carbocycles. The highest BCUT2D eigenvalue weighted by molar-refractivity contribution is 5.73. The van der Waals surface area contributed by atoms with Crippen LogP contribution in [0.15, 0.2) is 0 Å². The average molecular weight is 259 g/mol. The summed E-state index contributed by atoms with van der Waals surface area (Å²) < 4.78 is 0. The van der Waals surface area contributed by atoms with Crippen molar-refractivity contribution in [3.63, 3.8) is 0 Å². The predicted octanol–water partition coefficient (Wildman–Crippen LogP) is 3.48. The fourth-order valence-corrected chi connectivity index (χ4v) is 1.61. The van der Waals surface area contributed by atoms with E-state index in [0.29, 0.717) is 6.42 Å². The number of primary amides is 1. The largest absolute Gasteiger partial charge is 0.481 e. The zero-order valence-corrected chi connectivity index (χ0v) is 11.9. The highest BCUT2D eigenvalue weighted by Gasteiger charge is 1.94. The van der Waals surface area contributed by atoms with E-state index in [0.717, 1.165) is 19.8 Å². The molecule has 0 radical (unpaired) electrons. The van der Waals surface area contributed by atoms with Gasteiger partial charge in [-0.2, -0.15) is 0 Å². The second-order valence-electron chi connectivity index (χ2n) is 4.56. The molecule has 0 saturated carbocycles. The summed E-state index contributed by atoms with van der Waals surface area (Å²) in [5, 5.41) is 7.42. The summed E-state index contributed by atoms with van der Waals surface area (Å²) >= 11 is 0. The molecular formula is C14H29NO3. The van der Waals surface area contributed by atoms with Crippen molar-refractivity contribution in [2.45, 2.75) is 78.1 Å². The molecule has 1 amide bonds. The van der Waals surface area contributed by atoms with Gasteiger partial charge in [0.1, 0.15) is 0 Å². The maximum absolute atomic E-state index is 10.4. The molecule has 0 unspecified atom stereocenters. The molecule has 0 bridgehead atoms. The molecule has 0 saturated heterocycles. The summed E-state index contributed by atoms with van der Waals surface area (Å²) in [5.41, 5.74) is 5.05. The normalized spacial score (nSPS) is 9.44. The van der Waals surface area contributed by atoms with E-state index in [2.05, 4.69) is 6.92 Å². The number of rotatable bonds is 10. The third-order valence-corrected chi connectivity index (χ3v) is 2.53. The van der Waals surface area contributed by atoms with Crippen molar-refractivity contribution in [3.05, 3.63) is 0 Å². The molecule has 0 aromatic heterocycles. The van der Waals surface area contributed by atoms with Gasteiger partial charge >= 0.3 is 0 Å². The fourth-order valence-electron chi connectivity index (χ4n) is 1.61. The molecule has 0 spiro atoms. The molecule has 4 heteroatoms. The molecule has 18 heavy (non-hydrogen) atoms. The number of aliphatic carboxylic acids is 1. The smallest absolute Gasteiger partial charge is 0.300 e. The first-order valence-electron chi connectivity index (χ1n) is 6.98.